The summed E-state index contributed by atoms with van der Waals surface area (Å²) in [6.07, 6.45) is 2.98. The Morgan fingerprint density at radius 2 is 1.83 bits per heavy atom. The van der Waals surface area contributed by atoms with Crippen LogP contribution in [0.5, 0.6) is 0 Å². The first kappa shape index (κ1) is 15.1. The monoisotopic (exact) mass is 184 g/mol. The molecule has 0 N–H and O–H groups in total. The van der Waals surface area contributed by atoms with Crippen molar-refractivity contribution in [1.82, 2.24) is 0 Å². The molecule has 0 bridgehead atoms. The molecule has 4 heteroatoms. The average Bonchev–Trinajstić information content (AvgIpc) is 2.03. The van der Waals surface area contributed by atoms with Crippen molar-refractivity contribution in [2.75, 3.05) is 26.4 Å². The molecule has 0 aromatic heterocycles. The zero-order chi connectivity index (χ0) is 8.36. The summed E-state index contributed by atoms with van der Waals surface area (Å²) in [5.41, 5.74) is 0. The second-order valence-electron chi connectivity index (χ2n) is 2.21. The Bertz CT molecular complexity index is 88.4. The Labute approximate surface area is 96.1 Å². The van der Waals surface area contributed by atoms with E-state index in [1.54, 1.807) is 0 Å². The molecule has 12 heavy (non-hydrogen) atoms. The predicted molar refractivity (Wildman–Crippen MR) is 49.8 cm³/mol. The van der Waals surface area contributed by atoms with Gasteiger partial charge in [0.15, 0.2) is 0 Å². The Morgan fingerprint density at radius 3 is 2.42 bits per heavy atom. The first-order valence-corrected chi connectivity index (χ1v) is 4.01. The molecule has 0 radical (unpaired) electrons. The Balaban J connectivity index is 0. The van der Waals surface area contributed by atoms with Gasteiger partial charge in [-0.25, -0.2) is 0 Å². The topological polar surface area (TPSA) is 35.5 Å². The van der Waals surface area contributed by atoms with Gasteiger partial charge in [0, 0.05) is 6.61 Å². The molecule has 0 unspecified atom stereocenters. The fourth-order valence-electron chi connectivity index (χ4n) is 0.598. The standard InChI is InChI=1S/C8H16O3.Na.H/c1-2-3-5-10-7-8-11-6-4-9;;/h4H,2-3,5-8H2,1H3;;. The quantitative estimate of drug-likeness (QED) is 0.310. The number of hydrogen-bond donors (Lipinski definition) is 0. The van der Waals surface area contributed by atoms with Crippen molar-refractivity contribution < 1.29 is 14.3 Å². The summed E-state index contributed by atoms with van der Waals surface area (Å²) in [6.45, 7) is 4.20. The van der Waals surface area contributed by atoms with Crippen LogP contribution in [0.3, 0.4) is 0 Å². The minimum absolute atomic E-state index is 0. The molecule has 0 saturated heterocycles. The summed E-state index contributed by atoms with van der Waals surface area (Å²) in [6, 6.07) is 0. The van der Waals surface area contributed by atoms with E-state index < -0.39 is 0 Å². The van der Waals surface area contributed by atoms with Gasteiger partial charge in [0.1, 0.15) is 12.9 Å². The molecule has 0 fully saturated rings. The van der Waals surface area contributed by atoms with Crippen molar-refractivity contribution in [3.05, 3.63) is 0 Å². The van der Waals surface area contributed by atoms with Gasteiger partial charge in [-0.2, -0.15) is 0 Å². The maximum absolute atomic E-state index is 9.77. The van der Waals surface area contributed by atoms with Crippen molar-refractivity contribution in [3.63, 3.8) is 0 Å². The number of carbonyl (C=O) groups excluding carboxylic acids is 1. The van der Waals surface area contributed by atoms with Crippen LogP contribution >= 0.6 is 0 Å². The average molecular weight is 184 g/mol. The summed E-state index contributed by atoms with van der Waals surface area (Å²) in [7, 11) is 0. The van der Waals surface area contributed by atoms with Gasteiger partial charge in [-0.05, 0) is 6.42 Å². The third-order valence-electron chi connectivity index (χ3n) is 1.20. The molecular formula is C8H17NaO3. The normalized spacial score (nSPS) is 9.08. The second-order valence-corrected chi connectivity index (χ2v) is 2.21. The summed E-state index contributed by atoms with van der Waals surface area (Å²) in [4.78, 5) is 9.77. The Morgan fingerprint density at radius 1 is 1.17 bits per heavy atom. The molecule has 0 atom stereocenters. The zero-order valence-electron chi connectivity index (χ0n) is 7.04. The molecule has 0 aliphatic heterocycles. The number of unbranched alkanes of at least 4 members (excludes halogenated alkanes) is 1. The first-order valence-electron chi connectivity index (χ1n) is 4.01. The van der Waals surface area contributed by atoms with Gasteiger partial charge in [0.2, 0.25) is 0 Å². The van der Waals surface area contributed by atoms with Crippen molar-refractivity contribution in [1.29, 1.82) is 0 Å². The number of carbonyl (C=O) groups is 1. The number of ether oxygens (including phenoxy) is 2. The van der Waals surface area contributed by atoms with Gasteiger partial charge < -0.3 is 14.3 Å². The first-order chi connectivity index (χ1) is 5.41. The van der Waals surface area contributed by atoms with E-state index in [4.69, 9.17) is 9.47 Å². The van der Waals surface area contributed by atoms with E-state index in [0.717, 1.165) is 25.7 Å². The molecule has 0 heterocycles. The van der Waals surface area contributed by atoms with Crippen molar-refractivity contribution in [3.8, 4) is 0 Å². The van der Waals surface area contributed by atoms with Crippen LogP contribution in [0.4, 0.5) is 0 Å². The van der Waals surface area contributed by atoms with Crippen LogP contribution in [0.25, 0.3) is 0 Å². The zero-order valence-corrected chi connectivity index (χ0v) is 7.04. The van der Waals surface area contributed by atoms with Gasteiger partial charge in [-0.1, -0.05) is 13.3 Å². The van der Waals surface area contributed by atoms with Gasteiger partial charge in [-0.3, -0.25) is 0 Å². The number of aldehydes is 1. The molecule has 0 rings (SSSR count). The third-order valence-corrected chi connectivity index (χ3v) is 1.20. The van der Waals surface area contributed by atoms with Crippen molar-refractivity contribution in [2.24, 2.45) is 0 Å². The molecule has 0 aromatic carbocycles. The van der Waals surface area contributed by atoms with Crippen LogP contribution in [-0.4, -0.2) is 62.3 Å². The summed E-state index contributed by atoms with van der Waals surface area (Å²) >= 11 is 0. The molecule has 0 aromatic rings. The molecule has 0 spiro atoms. The van der Waals surface area contributed by atoms with E-state index in [9.17, 15) is 4.79 Å². The third kappa shape index (κ3) is 13.2. The van der Waals surface area contributed by atoms with Crippen LogP contribution in [0.1, 0.15) is 19.8 Å². The molecule has 0 saturated carbocycles. The van der Waals surface area contributed by atoms with Crippen molar-refractivity contribution >= 4 is 35.8 Å². The van der Waals surface area contributed by atoms with E-state index in [-0.39, 0.29) is 36.2 Å². The van der Waals surface area contributed by atoms with E-state index in [2.05, 4.69) is 6.92 Å². The number of hydrogen-bond acceptors (Lipinski definition) is 3. The van der Waals surface area contributed by atoms with Crippen LogP contribution in [0.15, 0.2) is 0 Å². The summed E-state index contributed by atoms with van der Waals surface area (Å²) in [5, 5.41) is 0. The van der Waals surface area contributed by atoms with E-state index in [0.29, 0.717) is 13.2 Å². The molecule has 0 amide bonds. The van der Waals surface area contributed by atoms with E-state index >= 15 is 0 Å². The predicted octanol–water partition coefficient (Wildman–Crippen LogP) is 0.370. The molecule has 3 nitrogen and oxygen atoms in total. The minimum atomic E-state index is 0. The summed E-state index contributed by atoms with van der Waals surface area (Å²) < 4.78 is 10.0. The van der Waals surface area contributed by atoms with Crippen LogP contribution in [0.2, 0.25) is 0 Å². The van der Waals surface area contributed by atoms with Gasteiger partial charge in [0.05, 0.1) is 13.2 Å². The second kappa shape index (κ2) is 14.1. The maximum atomic E-state index is 9.77. The SMILES string of the molecule is CCCCOCCOCC=O.[NaH]. The van der Waals surface area contributed by atoms with Crippen LogP contribution in [0, 0.1) is 0 Å². The van der Waals surface area contributed by atoms with Gasteiger partial charge in [0.25, 0.3) is 0 Å². The Kier molecular flexibility index (Phi) is 17.8. The van der Waals surface area contributed by atoms with Gasteiger partial charge in [-0.15, -0.1) is 0 Å². The summed E-state index contributed by atoms with van der Waals surface area (Å²) in [5.74, 6) is 0. The molecule has 0 aliphatic rings. The van der Waals surface area contributed by atoms with E-state index in [1.807, 2.05) is 0 Å². The van der Waals surface area contributed by atoms with Crippen LogP contribution < -0.4 is 0 Å². The van der Waals surface area contributed by atoms with Crippen molar-refractivity contribution in [2.45, 2.75) is 19.8 Å². The molecular weight excluding hydrogens is 167 g/mol. The molecule has 68 valence electrons. The fraction of sp³-hybridized carbons (Fsp3) is 0.875. The molecule has 0 aliphatic carbocycles. The van der Waals surface area contributed by atoms with Crippen LogP contribution in [-0.2, 0) is 14.3 Å². The Hall–Kier alpha value is 0.590. The number of rotatable bonds is 8. The van der Waals surface area contributed by atoms with E-state index in [1.165, 1.54) is 0 Å². The fourth-order valence-corrected chi connectivity index (χ4v) is 0.598. The van der Waals surface area contributed by atoms with Gasteiger partial charge >= 0.3 is 29.6 Å².